The molecule has 3 heteroatoms. The molecule has 0 aliphatic carbocycles. The number of benzene rings is 1. The first kappa shape index (κ1) is 8.04. The smallest absolute Gasteiger partial charge is 0.115 e. The zero-order chi connectivity index (χ0) is 8.27. The van der Waals surface area contributed by atoms with Crippen molar-refractivity contribution in [2.75, 3.05) is 6.61 Å². The Labute approximate surface area is 65.1 Å². The van der Waals surface area contributed by atoms with Gasteiger partial charge in [0.05, 0.1) is 12.6 Å². The van der Waals surface area contributed by atoms with Crippen LogP contribution in [0.1, 0.15) is 11.6 Å². The summed E-state index contributed by atoms with van der Waals surface area (Å²) < 4.78 is 0. The van der Waals surface area contributed by atoms with Crippen LogP contribution in [0.4, 0.5) is 0 Å². The molecule has 0 saturated heterocycles. The van der Waals surface area contributed by atoms with Crippen LogP contribution in [0.25, 0.3) is 0 Å². The Morgan fingerprint density at radius 2 is 1.82 bits per heavy atom. The minimum atomic E-state index is -0.351. The Morgan fingerprint density at radius 1 is 1.27 bits per heavy atom. The Balaban J connectivity index is 2.81. The van der Waals surface area contributed by atoms with Gasteiger partial charge >= 0.3 is 0 Å². The fourth-order valence-electron chi connectivity index (χ4n) is 0.827. The van der Waals surface area contributed by atoms with Crippen LogP contribution in [0.5, 0.6) is 5.75 Å². The first-order chi connectivity index (χ1) is 5.24. The van der Waals surface area contributed by atoms with Crippen LogP contribution >= 0.6 is 0 Å². The number of phenols is 1. The molecule has 60 valence electrons. The molecule has 0 unspecified atom stereocenters. The first-order valence-corrected chi connectivity index (χ1v) is 3.39. The van der Waals surface area contributed by atoms with Crippen molar-refractivity contribution in [2.24, 2.45) is 5.73 Å². The molecule has 0 radical (unpaired) electrons. The summed E-state index contributed by atoms with van der Waals surface area (Å²) in [6.45, 7) is -0.0786. The maximum absolute atomic E-state index is 8.91. The van der Waals surface area contributed by atoms with Crippen molar-refractivity contribution in [2.45, 2.75) is 6.04 Å². The second-order valence-corrected chi connectivity index (χ2v) is 2.38. The van der Waals surface area contributed by atoms with Crippen LogP contribution < -0.4 is 5.73 Å². The molecule has 0 aromatic heterocycles. The molecular weight excluding hydrogens is 142 g/mol. The monoisotopic (exact) mass is 153 g/mol. The third-order valence-corrected chi connectivity index (χ3v) is 1.52. The SMILES string of the molecule is N[C@H](CO)c1ccc(O)cc1. The number of phenolic OH excluding ortho intramolecular Hbond substituents is 1. The molecule has 1 aromatic rings. The van der Waals surface area contributed by atoms with E-state index in [1.807, 2.05) is 0 Å². The molecule has 4 N–H and O–H groups in total. The first-order valence-electron chi connectivity index (χ1n) is 3.39. The van der Waals surface area contributed by atoms with E-state index in [4.69, 9.17) is 15.9 Å². The average Bonchev–Trinajstić information content (AvgIpc) is 2.05. The molecule has 0 aliphatic rings. The lowest BCUT2D eigenvalue weighted by atomic mass is 10.1. The van der Waals surface area contributed by atoms with Crippen LogP contribution in [0.2, 0.25) is 0 Å². The molecule has 1 atom stereocenters. The quantitative estimate of drug-likeness (QED) is 0.575. The molecular formula is C8H11NO2. The maximum atomic E-state index is 8.91. The number of aromatic hydroxyl groups is 1. The number of nitrogens with two attached hydrogens (primary N) is 1. The van der Waals surface area contributed by atoms with Gasteiger partial charge in [0, 0.05) is 0 Å². The van der Waals surface area contributed by atoms with E-state index in [0.29, 0.717) is 0 Å². The van der Waals surface area contributed by atoms with Crippen molar-refractivity contribution in [1.82, 2.24) is 0 Å². The van der Waals surface area contributed by atoms with Crippen LogP contribution in [0, 0.1) is 0 Å². The van der Waals surface area contributed by atoms with Gasteiger partial charge in [0.1, 0.15) is 5.75 Å². The molecule has 1 aromatic carbocycles. The summed E-state index contributed by atoms with van der Waals surface area (Å²) in [4.78, 5) is 0. The number of hydrogen-bond donors (Lipinski definition) is 3. The van der Waals surface area contributed by atoms with Gasteiger partial charge in [-0.3, -0.25) is 0 Å². The Hall–Kier alpha value is -1.06. The largest absolute Gasteiger partial charge is 0.508 e. The third kappa shape index (κ3) is 1.93. The molecule has 0 spiro atoms. The lowest BCUT2D eigenvalue weighted by Gasteiger charge is -2.07. The number of aliphatic hydroxyl groups excluding tert-OH is 1. The number of aliphatic hydroxyl groups is 1. The van der Waals surface area contributed by atoms with E-state index in [0.717, 1.165) is 5.56 Å². The molecule has 0 heterocycles. The van der Waals surface area contributed by atoms with Gasteiger partial charge in [0.25, 0.3) is 0 Å². The van der Waals surface area contributed by atoms with Gasteiger partial charge in [-0.05, 0) is 17.7 Å². The van der Waals surface area contributed by atoms with E-state index in [-0.39, 0.29) is 18.4 Å². The highest BCUT2D eigenvalue weighted by Gasteiger charge is 2.02. The van der Waals surface area contributed by atoms with Gasteiger partial charge in [-0.25, -0.2) is 0 Å². The molecule has 0 aliphatic heterocycles. The Morgan fingerprint density at radius 3 is 2.27 bits per heavy atom. The summed E-state index contributed by atoms with van der Waals surface area (Å²) in [5.41, 5.74) is 6.34. The molecule has 0 bridgehead atoms. The van der Waals surface area contributed by atoms with Gasteiger partial charge in [0.2, 0.25) is 0 Å². The molecule has 0 fully saturated rings. The lowest BCUT2D eigenvalue weighted by Crippen LogP contribution is -2.13. The normalized spacial score (nSPS) is 12.9. The van der Waals surface area contributed by atoms with Crippen LogP contribution in [0.15, 0.2) is 24.3 Å². The van der Waals surface area contributed by atoms with Gasteiger partial charge in [-0.15, -0.1) is 0 Å². The highest BCUT2D eigenvalue weighted by Crippen LogP contribution is 2.14. The predicted molar refractivity (Wildman–Crippen MR) is 42.1 cm³/mol. The Kier molecular flexibility index (Phi) is 2.46. The molecule has 0 saturated carbocycles. The second-order valence-electron chi connectivity index (χ2n) is 2.38. The van der Waals surface area contributed by atoms with Crippen molar-refractivity contribution in [3.05, 3.63) is 29.8 Å². The van der Waals surface area contributed by atoms with Crippen LogP contribution in [-0.2, 0) is 0 Å². The minimum absolute atomic E-state index is 0.0786. The topological polar surface area (TPSA) is 66.5 Å². The zero-order valence-corrected chi connectivity index (χ0v) is 6.07. The number of rotatable bonds is 2. The third-order valence-electron chi connectivity index (χ3n) is 1.52. The van der Waals surface area contributed by atoms with Gasteiger partial charge in [0.15, 0.2) is 0 Å². The van der Waals surface area contributed by atoms with Gasteiger partial charge < -0.3 is 15.9 Å². The standard InChI is InChI=1S/C8H11NO2/c9-8(5-10)6-1-3-7(11)4-2-6/h1-4,8,10-11H,5,9H2/t8-/m1/s1. The summed E-state index contributed by atoms with van der Waals surface area (Å²) in [6.07, 6.45) is 0. The van der Waals surface area contributed by atoms with Crippen LogP contribution in [-0.4, -0.2) is 16.8 Å². The summed E-state index contributed by atoms with van der Waals surface area (Å²) >= 11 is 0. The van der Waals surface area contributed by atoms with Gasteiger partial charge in [-0.1, -0.05) is 12.1 Å². The van der Waals surface area contributed by atoms with E-state index in [1.54, 1.807) is 24.3 Å². The fraction of sp³-hybridized carbons (Fsp3) is 0.250. The fourth-order valence-corrected chi connectivity index (χ4v) is 0.827. The zero-order valence-electron chi connectivity index (χ0n) is 6.07. The molecule has 11 heavy (non-hydrogen) atoms. The maximum Gasteiger partial charge on any atom is 0.115 e. The van der Waals surface area contributed by atoms with Gasteiger partial charge in [-0.2, -0.15) is 0 Å². The van der Waals surface area contributed by atoms with Crippen molar-refractivity contribution in [3.8, 4) is 5.75 Å². The number of hydrogen-bond acceptors (Lipinski definition) is 3. The molecule has 3 nitrogen and oxygen atoms in total. The summed E-state index contributed by atoms with van der Waals surface area (Å²) in [6, 6.07) is 6.12. The van der Waals surface area contributed by atoms with E-state index >= 15 is 0 Å². The highest BCUT2D eigenvalue weighted by atomic mass is 16.3. The average molecular weight is 153 g/mol. The van der Waals surface area contributed by atoms with Crippen molar-refractivity contribution < 1.29 is 10.2 Å². The van der Waals surface area contributed by atoms with E-state index in [1.165, 1.54) is 0 Å². The van der Waals surface area contributed by atoms with Crippen LogP contribution in [0.3, 0.4) is 0 Å². The summed E-state index contributed by atoms with van der Waals surface area (Å²) in [7, 11) is 0. The second kappa shape index (κ2) is 3.37. The predicted octanol–water partition coefficient (Wildman–Crippen LogP) is 0.384. The van der Waals surface area contributed by atoms with Crippen molar-refractivity contribution >= 4 is 0 Å². The van der Waals surface area contributed by atoms with E-state index in [2.05, 4.69) is 0 Å². The molecule has 0 amide bonds. The Bertz CT molecular complexity index is 220. The highest BCUT2D eigenvalue weighted by molar-refractivity contribution is 5.27. The van der Waals surface area contributed by atoms with E-state index < -0.39 is 0 Å². The molecule has 1 rings (SSSR count). The van der Waals surface area contributed by atoms with E-state index in [9.17, 15) is 0 Å². The summed E-state index contributed by atoms with van der Waals surface area (Å²) in [5, 5.41) is 17.6. The van der Waals surface area contributed by atoms with Crippen molar-refractivity contribution in [1.29, 1.82) is 0 Å². The summed E-state index contributed by atoms with van der Waals surface area (Å²) in [5.74, 6) is 0.207. The minimum Gasteiger partial charge on any atom is -0.508 e. The lowest BCUT2D eigenvalue weighted by molar-refractivity contribution is 0.268. The van der Waals surface area contributed by atoms with Crippen molar-refractivity contribution in [3.63, 3.8) is 0 Å².